The van der Waals surface area contributed by atoms with Crippen LogP contribution in [0.1, 0.15) is 43.0 Å². The van der Waals surface area contributed by atoms with Crippen molar-refractivity contribution in [1.82, 2.24) is 4.98 Å². The van der Waals surface area contributed by atoms with Gasteiger partial charge in [0, 0.05) is 11.9 Å². The number of fused-ring (bicyclic) bond motifs is 1. The summed E-state index contributed by atoms with van der Waals surface area (Å²) < 4.78 is 0. The van der Waals surface area contributed by atoms with Crippen LogP contribution < -0.4 is 5.73 Å². The van der Waals surface area contributed by atoms with E-state index in [4.69, 9.17) is 11.1 Å². The SMILES string of the molecule is N=C1CCC2(CC1)Cc1cccnc1C2N. The molecule has 0 saturated heterocycles. The molecule has 0 radical (unpaired) electrons. The fourth-order valence-electron chi connectivity index (χ4n) is 3.20. The van der Waals surface area contributed by atoms with Gasteiger partial charge in [0.25, 0.3) is 0 Å². The summed E-state index contributed by atoms with van der Waals surface area (Å²) in [5.41, 5.74) is 9.87. The van der Waals surface area contributed by atoms with Crippen molar-refractivity contribution in [2.45, 2.75) is 38.1 Å². The number of aromatic nitrogens is 1. The first-order valence-electron chi connectivity index (χ1n) is 5.97. The lowest BCUT2D eigenvalue weighted by Crippen LogP contribution is -2.35. The molecule has 3 nitrogen and oxygen atoms in total. The van der Waals surface area contributed by atoms with Gasteiger partial charge in [-0.1, -0.05) is 6.07 Å². The zero-order valence-corrected chi connectivity index (χ0v) is 9.37. The minimum absolute atomic E-state index is 0.0804. The molecule has 0 aliphatic heterocycles. The van der Waals surface area contributed by atoms with Gasteiger partial charge in [0.15, 0.2) is 0 Å². The maximum Gasteiger partial charge on any atom is 0.0608 e. The van der Waals surface area contributed by atoms with Crippen molar-refractivity contribution in [1.29, 1.82) is 5.41 Å². The summed E-state index contributed by atoms with van der Waals surface area (Å²) in [4.78, 5) is 4.43. The van der Waals surface area contributed by atoms with Crippen LogP contribution in [0.15, 0.2) is 18.3 Å². The molecule has 1 fully saturated rings. The van der Waals surface area contributed by atoms with E-state index in [2.05, 4.69) is 11.1 Å². The number of hydrogen-bond donors (Lipinski definition) is 2. The number of pyridine rings is 1. The standard InChI is InChI=1S/C13H17N3/c14-10-3-5-13(6-4-10)8-9-2-1-7-16-11(9)12(13)15/h1-2,7,12,14H,3-6,8,15H2. The Hall–Kier alpha value is -1.22. The van der Waals surface area contributed by atoms with Crippen molar-refractivity contribution in [3.63, 3.8) is 0 Å². The van der Waals surface area contributed by atoms with E-state index in [0.29, 0.717) is 0 Å². The Morgan fingerprint density at radius 3 is 2.81 bits per heavy atom. The molecule has 3 rings (SSSR count). The molecule has 1 atom stereocenters. The van der Waals surface area contributed by atoms with E-state index < -0.39 is 0 Å². The molecule has 0 aromatic carbocycles. The van der Waals surface area contributed by atoms with Gasteiger partial charge in [-0.05, 0) is 49.1 Å². The van der Waals surface area contributed by atoms with E-state index in [1.54, 1.807) is 0 Å². The Morgan fingerprint density at radius 2 is 2.12 bits per heavy atom. The maximum atomic E-state index is 7.71. The molecule has 3 N–H and O–H groups in total. The minimum Gasteiger partial charge on any atom is -0.322 e. The molecule has 1 heterocycles. The van der Waals surface area contributed by atoms with Crippen LogP contribution >= 0.6 is 0 Å². The summed E-state index contributed by atoms with van der Waals surface area (Å²) in [5.74, 6) is 0. The van der Waals surface area contributed by atoms with Crippen molar-refractivity contribution in [2.75, 3.05) is 0 Å². The monoisotopic (exact) mass is 215 g/mol. The van der Waals surface area contributed by atoms with Crippen molar-refractivity contribution >= 4 is 5.71 Å². The summed E-state index contributed by atoms with van der Waals surface area (Å²) in [6.45, 7) is 0. The summed E-state index contributed by atoms with van der Waals surface area (Å²) in [6.07, 6.45) is 6.85. The fourth-order valence-corrected chi connectivity index (χ4v) is 3.20. The maximum absolute atomic E-state index is 7.71. The second-order valence-electron chi connectivity index (χ2n) is 5.17. The van der Waals surface area contributed by atoms with E-state index in [1.165, 1.54) is 5.56 Å². The summed E-state index contributed by atoms with van der Waals surface area (Å²) in [6, 6.07) is 4.23. The highest BCUT2D eigenvalue weighted by atomic mass is 14.8. The Morgan fingerprint density at radius 1 is 1.38 bits per heavy atom. The first-order valence-corrected chi connectivity index (χ1v) is 5.97. The molecule has 16 heavy (non-hydrogen) atoms. The third-order valence-corrected chi connectivity index (χ3v) is 4.27. The third-order valence-electron chi connectivity index (χ3n) is 4.27. The quantitative estimate of drug-likeness (QED) is 0.697. The first kappa shape index (κ1) is 9.97. The molecular formula is C13H17N3. The molecule has 0 bridgehead atoms. The molecule has 0 amide bonds. The van der Waals surface area contributed by atoms with E-state index in [0.717, 1.165) is 43.5 Å². The Labute approximate surface area is 95.6 Å². The first-order chi connectivity index (χ1) is 7.71. The van der Waals surface area contributed by atoms with Crippen LogP contribution in [0.2, 0.25) is 0 Å². The van der Waals surface area contributed by atoms with Crippen LogP contribution in [0, 0.1) is 10.8 Å². The van der Waals surface area contributed by atoms with E-state index in [1.807, 2.05) is 12.3 Å². The lowest BCUT2D eigenvalue weighted by atomic mass is 9.69. The molecule has 2 aliphatic carbocycles. The normalized spacial score (nSPS) is 33.1. The molecule has 1 aromatic heterocycles. The van der Waals surface area contributed by atoms with Gasteiger partial charge in [0.05, 0.1) is 11.7 Å². The van der Waals surface area contributed by atoms with Crippen molar-refractivity contribution < 1.29 is 0 Å². The van der Waals surface area contributed by atoms with Gasteiger partial charge in [-0.2, -0.15) is 0 Å². The molecule has 2 aliphatic rings. The van der Waals surface area contributed by atoms with E-state index in [-0.39, 0.29) is 11.5 Å². The van der Waals surface area contributed by atoms with Crippen molar-refractivity contribution in [3.05, 3.63) is 29.6 Å². The van der Waals surface area contributed by atoms with Crippen LogP contribution in [0.25, 0.3) is 0 Å². The lowest BCUT2D eigenvalue weighted by Gasteiger charge is -2.37. The zero-order valence-electron chi connectivity index (χ0n) is 9.37. The molecule has 1 spiro atoms. The van der Waals surface area contributed by atoms with E-state index >= 15 is 0 Å². The van der Waals surface area contributed by atoms with Crippen molar-refractivity contribution in [3.8, 4) is 0 Å². The Balaban J connectivity index is 1.94. The van der Waals surface area contributed by atoms with Gasteiger partial charge in [-0.3, -0.25) is 4.98 Å². The zero-order chi connectivity index (χ0) is 11.2. The summed E-state index contributed by atoms with van der Waals surface area (Å²) >= 11 is 0. The average Bonchev–Trinajstić information content (AvgIpc) is 2.58. The number of nitrogens with two attached hydrogens (primary N) is 1. The molecule has 84 valence electrons. The van der Waals surface area contributed by atoms with Crippen LogP contribution in [0.3, 0.4) is 0 Å². The number of nitrogens with zero attached hydrogens (tertiary/aromatic N) is 1. The van der Waals surface area contributed by atoms with Gasteiger partial charge in [0.2, 0.25) is 0 Å². The smallest absolute Gasteiger partial charge is 0.0608 e. The topological polar surface area (TPSA) is 62.8 Å². The second-order valence-corrected chi connectivity index (χ2v) is 5.17. The van der Waals surface area contributed by atoms with Gasteiger partial charge in [0.1, 0.15) is 0 Å². The Kier molecular flexibility index (Phi) is 2.11. The fraction of sp³-hybridized carbons (Fsp3) is 0.538. The lowest BCUT2D eigenvalue weighted by molar-refractivity contribution is 0.198. The number of rotatable bonds is 0. The largest absolute Gasteiger partial charge is 0.322 e. The van der Waals surface area contributed by atoms with Crippen LogP contribution in [-0.4, -0.2) is 10.7 Å². The van der Waals surface area contributed by atoms with Gasteiger partial charge in [-0.15, -0.1) is 0 Å². The highest BCUT2D eigenvalue weighted by Crippen LogP contribution is 2.51. The van der Waals surface area contributed by atoms with E-state index in [9.17, 15) is 0 Å². The molecule has 1 saturated carbocycles. The molecule has 1 unspecified atom stereocenters. The van der Waals surface area contributed by atoms with Gasteiger partial charge in [-0.25, -0.2) is 0 Å². The molecule has 3 heteroatoms. The summed E-state index contributed by atoms with van der Waals surface area (Å²) in [7, 11) is 0. The second kappa shape index (κ2) is 3.39. The highest BCUT2D eigenvalue weighted by Gasteiger charge is 2.46. The number of hydrogen-bond acceptors (Lipinski definition) is 3. The molecular weight excluding hydrogens is 198 g/mol. The van der Waals surface area contributed by atoms with Gasteiger partial charge < -0.3 is 11.1 Å². The predicted molar refractivity (Wildman–Crippen MR) is 63.5 cm³/mol. The number of nitrogens with one attached hydrogen (secondary N) is 1. The van der Waals surface area contributed by atoms with Crippen LogP contribution in [0.4, 0.5) is 0 Å². The average molecular weight is 215 g/mol. The van der Waals surface area contributed by atoms with Crippen LogP contribution in [-0.2, 0) is 6.42 Å². The van der Waals surface area contributed by atoms with Crippen molar-refractivity contribution in [2.24, 2.45) is 11.1 Å². The highest BCUT2D eigenvalue weighted by molar-refractivity contribution is 5.82. The predicted octanol–water partition coefficient (Wildman–Crippen LogP) is 2.22. The molecule has 1 aromatic rings. The summed E-state index contributed by atoms with van der Waals surface area (Å²) in [5, 5.41) is 7.71. The van der Waals surface area contributed by atoms with Crippen LogP contribution in [0.5, 0.6) is 0 Å². The minimum atomic E-state index is 0.0804. The Bertz CT molecular complexity index is 429. The van der Waals surface area contributed by atoms with Gasteiger partial charge >= 0.3 is 0 Å². The third kappa shape index (κ3) is 1.31.